The Bertz CT molecular complexity index is 221. The lowest BCUT2D eigenvalue weighted by molar-refractivity contribution is 0.434. The maximum Gasteiger partial charge on any atom is 0.223 e. The first-order valence-corrected chi connectivity index (χ1v) is 1.95. The molecule has 8 heavy (non-hydrogen) atoms. The van der Waals surface area contributed by atoms with Crippen LogP contribution in [0.2, 0.25) is 0 Å². The van der Waals surface area contributed by atoms with Crippen LogP contribution in [0.25, 0.3) is 0 Å². The van der Waals surface area contributed by atoms with E-state index in [0.29, 0.717) is 0 Å². The summed E-state index contributed by atoms with van der Waals surface area (Å²) < 4.78 is 4.36. The summed E-state index contributed by atoms with van der Waals surface area (Å²) in [5.74, 6) is 0.168. The summed E-state index contributed by atoms with van der Waals surface area (Å²) in [7, 11) is 0. The number of nitrogens with zero attached hydrogens (tertiary/aromatic N) is 2. The normalized spacial score (nSPS) is 8.38. The Morgan fingerprint density at radius 2 is 2.62 bits per heavy atom. The number of hydrogen-bond donors (Lipinski definition) is 1. The highest BCUT2D eigenvalue weighted by molar-refractivity contribution is 5.30. The Morgan fingerprint density at radius 3 is 2.88 bits per heavy atom. The predicted octanol–water partition coefficient (Wildman–Crippen LogP) is 0.128. The van der Waals surface area contributed by atoms with Gasteiger partial charge in [-0.3, -0.25) is 0 Å². The van der Waals surface area contributed by atoms with Crippen molar-refractivity contribution in [2.45, 2.75) is 0 Å². The number of rotatable bonds is 0. The summed E-state index contributed by atoms with van der Waals surface area (Å²) in [5, 5.41) is 11.4. The predicted molar refractivity (Wildman–Crippen MR) is 25.6 cm³/mol. The van der Waals surface area contributed by atoms with Crippen LogP contribution < -0.4 is 5.73 Å². The van der Waals surface area contributed by atoms with Crippen molar-refractivity contribution >= 4 is 5.88 Å². The van der Waals surface area contributed by atoms with Gasteiger partial charge in [-0.1, -0.05) is 5.16 Å². The molecule has 0 unspecified atom stereocenters. The zero-order valence-corrected chi connectivity index (χ0v) is 3.96. The van der Waals surface area contributed by atoms with Crippen molar-refractivity contribution in [1.29, 1.82) is 5.26 Å². The minimum atomic E-state index is 0.168. The van der Waals surface area contributed by atoms with Gasteiger partial charge in [0.15, 0.2) is 5.69 Å². The molecule has 0 saturated heterocycles. The fraction of sp³-hybridized carbons (Fsp3) is 0. The van der Waals surface area contributed by atoms with Crippen LogP contribution in [0.4, 0.5) is 5.88 Å². The number of anilines is 1. The van der Waals surface area contributed by atoms with E-state index in [1.165, 1.54) is 6.07 Å². The topological polar surface area (TPSA) is 75.8 Å². The van der Waals surface area contributed by atoms with E-state index >= 15 is 0 Å². The van der Waals surface area contributed by atoms with Gasteiger partial charge in [0.05, 0.1) is 0 Å². The zero-order valence-electron chi connectivity index (χ0n) is 3.96. The van der Waals surface area contributed by atoms with E-state index in [9.17, 15) is 0 Å². The number of nitriles is 1. The van der Waals surface area contributed by atoms with Gasteiger partial charge in [-0.15, -0.1) is 0 Å². The SMILES string of the molecule is N#Cc1cc(N)on1. The van der Waals surface area contributed by atoms with Gasteiger partial charge in [0.1, 0.15) is 6.07 Å². The van der Waals surface area contributed by atoms with Gasteiger partial charge in [0.2, 0.25) is 5.88 Å². The highest BCUT2D eigenvalue weighted by Gasteiger charge is 1.94. The monoisotopic (exact) mass is 109 g/mol. The van der Waals surface area contributed by atoms with Crippen LogP contribution in [-0.4, -0.2) is 5.16 Å². The molecule has 2 N–H and O–H groups in total. The van der Waals surface area contributed by atoms with Crippen molar-refractivity contribution < 1.29 is 4.52 Å². The van der Waals surface area contributed by atoms with Crippen LogP contribution in [0.1, 0.15) is 5.69 Å². The highest BCUT2D eigenvalue weighted by atomic mass is 16.5. The standard InChI is InChI=1S/C4H3N3O/c5-2-3-1-4(6)8-7-3/h1H,6H2. The van der Waals surface area contributed by atoms with Crippen LogP contribution in [0.5, 0.6) is 0 Å². The number of aromatic nitrogens is 1. The van der Waals surface area contributed by atoms with Crippen LogP contribution in [0, 0.1) is 11.3 Å². The van der Waals surface area contributed by atoms with E-state index in [1.54, 1.807) is 6.07 Å². The summed E-state index contributed by atoms with van der Waals surface area (Å²) in [5.41, 5.74) is 5.28. The number of nitrogens with two attached hydrogens (primary N) is 1. The van der Waals surface area contributed by atoms with E-state index < -0.39 is 0 Å². The second-order valence-corrected chi connectivity index (χ2v) is 1.23. The molecule has 4 nitrogen and oxygen atoms in total. The molecule has 1 aromatic rings. The number of nitrogen functional groups attached to an aromatic ring is 1. The van der Waals surface area contributed by atoms with Gasteiger partial charge in [-0.05, 0) is 0 Å². The second kappa shape index (κ2) is 1.54. The third-order valence-corrected chi connectivity index (χ3v) is 0.643. The van der Waals surface area contributed by atoms with Crippen molar-refractivity contribution in [2.75, 3.05) is 5.73 Å². The van der Waals surface area contributed by atoms with E-state index in [1.807, 2.05) is 0 Å². The van der Waals surface area contributed by atoms with E-state index in [4.69, 9.17) is 11.0 Å². The quantitative estimate of drug-likeness (QED) is 0.513. The Balaban J connectivity index is 3.05. The largest absolute Gasteiger partial charge is 0.368 e. The van der Waals surface area contributed by atoms with Gasteiger partial charge in [-0.2, -0.15) is 5.26 Å². The third-order valence-electron chi connectivity index (χ3n) is 0.643. The molecule has 0 aliphatic rings. The minimum Gasteiger partial charge on any atom is -0.368 e. The fourth-order valence-corrected chi connectivity index (χ4v) is 0.342. The average molecular weight is 109 g/mol. The maximum atomic E-state index is 8.12. The van der Waals surface area contributed by atoms with Crippen molar-refractivity contribution in [3.63, 3.8) is 0 Å². The molecule has 1 aromatic heterocycles. The molecular formula is C4H3N3O. The molecule has 0 amide bonds. The van der Waals surface area contributed by atoms with E-state index in [2.05, 4.69) is 9.68 Å². The molecule has 0 spiro atoms. The fourth-order valence-electron chi connectivity index (χ4n) is 0.342. The molecule has 0 radical (unpaired) electrons. The maximum absolute atomic E-state index is 8.12. The van der Waals surface area contributed by atoms with Crippen molar-refractivity contribution in [1.82, 2.24) is 5.16 Å². The summed E-state index contributed by atoms with van der Waals surface area (Å²) >= 11 is 0. The molecule has 0 aromatic carbocycles. The Labute approximate surface area is 45.5 Å². The van der Waals surface area contributed by atoms with Gasteiger partial charge in [0, 0.05) is 6.07 Å². The number of hydrogen-bond acceptors (Lipinski definition) is 4. The molecule has 0 aliphatic heterocycles. The summed E-state index contributed by atoms with van der Waals surface area (Å²) in [6, 6.07) is 3.12. The minimum absolute atomic E-state index is 0.168. The first-order valence-electron chi connectivity index (χ1n) is 1.95. The van der Waals surface area contributed by atoms with Gasteiger partial charge < -0.3 is 10.3 Å². The van der Waals surface area contributed by atoms with Crippen molar-refractivity contribution in [3.05, 3.63) is 11.8 Å². The van der Waals surface area contributed by atoms with E-state index in [0.717, 1.165) is 0 Å². The molecule has 1 rings (SSSR count). The molecule has 0 saturated carbocycles. The first-order chi connectivity index (χ1) is 3.83. The lowest BCUT2D eigenvalue weighted by atomic mass is 10.5. The van der Waals surface area contributed by atoms with Gasteiger partial charge >= 0.3 is 0 Å². The zero-order chi connectivity index (χ0) is 5.98. The van der Waals surface area contributed by atoms with Gasteiger partial charge in [0.25, 0.3) is 0 Å². The Morgan fingerprint density at radius 1 is 1.88 bits per heavy atom. The molecule has 4 heteroatoms. The second-order valence-electron chi connectivity index (χ2n) is 1.23. The summed E-state index contributed by atoms with van der Waals surface area (Å²) in [6.07, 6.45) is 0. The van der Waals surface area contributed by atoms with Crippen LogP contribution >= 0.6 is 0 Å². The van der Waals surface area contributed by atoms with Crippen LogP contribution in [-0.2, 0) is 0 Å². The first kappa shape index (κ1) is 4.65. The van der Waals surface area contributed by atoms with Crippen LogP contribution in [0.3, 0.4) is 0 Å². The lowest BCUT2D eigenvalue weighted by Gasteiger charge is -1.67. The van der Waals surface area contributed by atoms with Crippen molar-refractivity contribution in [2.24, 2.45) is 0 Å². The highest BCUT2D eigenvalue weighted by Crippen LogP contribution is 2.01. The molecule has 0 atom stereocenters. The lowest BCUT2D eigenvalue weighted by Crippen LogP contribution is -1.75. The summed E-state index contributed by atoms with van der Waals surface area (Å²) in [4.78, 5) is 0. The van der Waals surface area contributed by atoms with Crippen LogP contribution in [0.15, 0.2) is 10.6 Å². The average Bonchev–Trinajstić information content (AvgIpc) is 2.14. The smallest absolute Gasteiger partial charge is 0.223 e. The Hall–Kier alpha value is -1.50. The molecule has 0 aliphatic carbocycles. The molecular weight excluding hydrogens is 106 g/mol. The Kier molecular flexibility index (Phi) is 0.897. The third kappa shape index (κ3) is 0.611. The summed E-state index contributed by atoms with van der Waals surface area (Å²) in [6.45, 7) is 0. The van der Waals surface area contributed by atoms with Crippen molar-refractivity contribution in [3.8, 4) is 6.07 Å². The molecule has 1 heterocycles. The molecule has 0 bridgehead atoms. The van der Waals surface area contributed by atoms with Gasteiger partial charge in [-0.25, -0.2) is 0 Å². The molecule has 40 valence electrons. The van der Waals surface area contributed by atoms with E-state index in [-0.39, 0.29) is 11.6 Å². The molecule has 0 fully saturated rings.